The van der Waals surface area contributed by atoms with Gasteiger partial charge in [0.1, 0.15) is 6.29 Å². The van der Waals surface area contributed by atoms with E-state index >= 15 is 0 Å². The maximum Gasteiger partial charge on any atom is 0.342 e. The Morgan fingerprint density at radius 2 is 2.46 bits per heavy atom. The van der Waals surface area contributed by atoms with E-state index < -0.39 is 4.92 Å². The highest BCUT2D eigenvalue weighted by Gasteiger charge is 2.08. The molecule has 0 unspecified atom stereocenters. The number of carbonyl (C=O) groups is 1. The van der Waals surface area contributed by atoms with Gasteiger partial charge in [0.05, 0.1) is 11.8 Å². The topological polar surface area (TPSA) is 88.9 Å². The van der Waals surface area contributed by atoms with Gasteiger partial charge in [0.25, 0.3) is 0 Å². The number of H-pyrrole nitrogens is 1. The average Bonchev–Trinajstić information content (AvgIpc) is 2.53. The van der Waals surface area contributed by atoms with Gasteiger partial charge in [-0.3, -0.25) is 0 Å². The molecule has 0 atom stereocenters. The highest BCUT2D eigenvalue weighted by atomic mass is 16.6. The molecule has 6 nitrogen and oxygen atoms in total. The first-order chi connectivity index (χ1) is 6.24. The van der Waals surface area contributed by atoms with Gasteiger partial charge >= 0.3 is 5.82 Å². The third-order valence-electron chi connectivity index (χ3n) is 1.57. The monoisotopic (exact) mass is 183 g/mol. The molecular weight excluding hydrogens is 174 g/mol. The molecule has 0 aliphatic rings. The van der Waals surface area contributed by atoms with Gasteiger partial charge in [-0.25, -0.2) is 0 Å². The first kappa shape index (κ1) is 9.37. The van der Waals surface area contributed by atoms with Crippen LogP contribution in [0.15, 0.2) is 6.07 Å². The van der Waals surface area contributed by atoms with Crippen LogP contribution in [0.2, 0.25) is 0 Å². The van der Waals surface area contributed by atoms with Crippen LogP contribution in [0.5, 0.6) is 0 Å². The summed E-state index contributed by atoms with van der Waals surface area (Å²) in [4.78, 5) is 19.7. The maximum absolute atomic E-state index is 10.2. The first-order valence-electron chi connectivity index (χ1n) is 3.86. The molecule has 13 heavy (non-hydrogen) atoms. The minimum atomic E-state index is -0.532. The molecule has 1 aromatic heterocycles. The fraction of sp³-hybridized carbons (Fsp3) is 0.429. The zero-order chi connectivity index (χ0) is 9.68. The van der Waals surface area contributed by atoms with Gasteiger partial charge in [0, 0.05) is 6.42 Å². The first-order valence-corrected chi connectivity index (χ1v) is 3.86. The van der Waals surface area contributed by atoms with E-state index in [2.05, 4.69) is 10.2 Å². The molecule has 70 valence electrons. The number of rotatable bonds is 5. The lowest BCUT2D eigenvalue weighted by Crippen LogP contribution is -1.86. The molecule has 6 heteroatoms. The summed E-state index contributed by atoms with van der Waals surface area (Å²) in [7, 11) is 0. The third kappa shape index (κ3) is 2.66. The van der Waals surface area contributed by atoms with Gasteiger partial charge < -0.3 is 14.9 Å². The molecule has 0 fully saturated rings. The van der Waals surface area contributed by atoms with E-state index in [1.54, 1.807) is 0 Å². The number of nitrogens with one attached hydrogen (secondary N) is 1. The fourth-order valence-corrected chi connectivity index (χ4v) is 0.940. The Morgan fingerprint density at radius 3 is 3.00 bits per heavy atom. The molecule has 1 N–H and O–H groups in total. The van der Waals surface area contributed by atoms with E-state index in [0.717, 1.165) is 6.29 Å². The van der Waals surface area contributed by atoms with Crippen molar-refractivity contribution in [3.05, 3.63) is 21.9 Å². The third-order valence-corrected chi connectivity index (χ3v) is 1.57. The van der Waals surface area contributed by atoms with Gasteiger partial charge in [-0.1, -0.05) is 5.10 Å². The molecule has 0 spiro atoms. The molecule has 1 rings (SSSR count). The molecule has 0 aromatic carbocycles. The van der Waals surface area contributed by atoms with Gasteiger partial charge in [-0.05, 0) is 17.8 Å². The Kier molecular flexibility index (Phi) is 3.13. The number of hydrogen-bond acceptors (Lipinski definition) is 4. The number of aromatic nitrogens is 2. The van der Waals surface area contributed by atoms with E-state index in [9.17, 15) is 14.9 Å². The second-order valence-corrected chi connectivity index (χ2v) is 2.56. The Labute approximate surface area is 74.1 Å². The van der Waals surface area contributed by atoms with E-state index in [1.165, 1.54) is 6.07 Å². The number of nitrogens with zero attached hydrogens (tertiary/aromatic N) is 2. The standard InChI is InChI=1S/C7H9N3O3/c11-4-2-1-3-6-5-7(9-8-6)10(12)13/h4-5H,1-3H2,(H,8,9). The fourth-order valence-electron chi connectivity index (χ4n) is 0.940. The molecule has 0 saturated carbocycles. The molecule has 0 aliphatic heterocycles. The lowest BCUT2D eigenvalue weighted by Gasteiger charge is -1.88. The smallest absolute Gasteiger partial charge is 0.342 e. The summed E-state index contributed by atoms with van der Waals surface area (Å²) in [5, 5.41) is 16.2. The number of hydrogen-bond donors (Lipinski definition) is 1. The van der Waals surface area contributed by atoms with Crippen molar-refractivity contribution >= 4 is 12.1 Å². The minimum Gasteiger partial charge on any atom is -0.358 e. The Morgan fingerprint density at radius 1 is 1.69 bits per heavy atom. The minimum absolute atomic E-state index is 0.110. The SMILES string of the molecule is O=CCCCc1cc([N+](=O)[O-])[nH]n1. The Balaban J connectivity index is 2.49. The van der Waals surface area contributed by atoms with Crippen molar-refractivity contribution in [1.29, 1.82) is 0 Å². The maximum atomic E-state index is 10.2. The normalized spacial score (nSPS) is 9.85. The summed E-state index contributed by atoms with van der Waals surface area (Å²) in [5.74, 6) is -0.110. The summed E-state index contributed by atoms with van der Waals surface area (Å²) < 4.78 is 0. The van der Waals surface area contributed by atoms with Crippen molar-refractivity contribution in [2.75, 3.05) is 0 Å². The van der Waals surface area contributed by atoms with E-state index in [0.29, 0.717) is 25.0 Å². The van der Waals surface area contributed by atoms with Crippen LogP contribution >= 0.6 is 0 Å². The Hall–Kier alpha value is -1.72. The summed E-state index contributed by atoms with van der Waals surface area (Å²) in [6.07, 6.45) is 2.54. The van der Waals surface area contributed by atoms with Crippen LogP contribution in [0.25, 0.3) is 0 Å². The molecule has 0 radical (unpaired) electrons. The van der Waals surface area contributed by atoms with Crippen LogP contribution in [0, 0.1) is 10.1 Å². The van der Waals surface area contributed by atoms with Crippen molar-refractivity contribution in [3.8, 4) is 0 Å². The van der Waals surface area contributed by atoms with Gasteiger partial charge in [0.15, 0.2) is 0 Å². The van der Waals surface area contributed by atoms with Gasteiger partial charge in [0.2, 0.25) is 0 Å². The van der Waals surface area contributed by atoms with Crippen LogP contribution in [0.1, 0.15) is 18.5 Å². The van der Waals surface area contributed by atoms with Crippen molar-refractivity contribution < 1.29 is 9.72 Å². The number of aldehydes is 1. The van der Waals surface area contributed by atoms with Gasteiger partial charge in [-0.2, -0.15) is 0 Å². The van der Waals surface area contributed by atoms with Crippen molar-refractivity contribution in [2.24, 2.45) is 0 Å². The highest BCUT2D eigenvalue weighted by Crippen LogP contribution is 2.09. The Bertz CT molecular complexity index is 308. The quantitative estimate of drug-likeness (QED) is 0.317. The molecule has 0 amide bonds. The number of aromatic amines is 1. The molecular formula is C7H9N3O3. The predicted octanol–water partition coefficient (Wildman–Crippen LogP) is 0.839. The summed E-state index contributed by atoms with van der Waals surface area (Å²) in [5.41, 5.74) is 0.619. The lowest BCUT2D eigenvalue weighted by atomic mass is 10.2. The largest absolute Gasteiger partial charge is 0.358 e. The predicted molar refractivity (Wildman–Crippen MR) is 44.2 cm³/mol. The molecule has 0 aliphatic carbocycles. The molecule has 1 aromatic rings. The van der Waals surface area contributed by atoms with Gasteiger partial charge in [-0.15, -0.1) is 5.10 Å². The van der Waals surface area contributed by atoms with Crippen molar-refractivity contribution in [3.63, 3.8) is 0 Å². The van der Waals surface area contributed by atoms with Crippen LogP contribution in [-0.2, 0) is 11.2 Å². The number of nitro groups is 1. The number of aryl methyl sites for hydroxylation is 1. The van der Waals surface area contributed by atoms with Crippen LogP contribution in [0.4, 0.5) is 5.82 Å². The zero-order valence-corrected chi connectivity index (χ0v) is 6.90. The van der Waals surface area contributed by atoms with E-state index in [-0.39, 0.29) is 5.82 Å². The van der Waals surface area contributed by atoms with Crippen LogP contribution < -0.4 is 0 Å². The van der Waals surface area contributed by atoms with Crippen LogP contribution in [-0.4, -0.2) is 21.4 Å². The second kappa shape index (κ2) is 4.34. The second-order valence-electron chi connectivity index (χ2n) is 2.56. The number of unbranched alkanes of at least 4 members (excludes halogenated alkanes) is 1. The van der Waals surface area contributed by atoms with E-state index in [4.69, 9.17) is 0 Å². The summed E-state index contributed by atoms with van der Waals surface area (Å²) in [6.45, 7) is 0. The van der Waals surface area contributed by atoms with Crippen molar-refractivity contribution in [1.82, 2.24) is 10.2 Å². The zero-order valence-electron chi connectivity index (χ0n) is 6.90. The van der Waals surface area contributed by atoms with Crippen molar-refractivity contribution in [2.45, 2.75) is 19.3 Å². The van der Waals surface area contributed by atoms with Crippen LogP contribution in [0.3, 0.4) is 0 Å². The molecule has 1 heterocycles. The average molecular weight is 183 g/mol. The number of carbonyl (C=O) groups excluding carboxylic acids is 1. The molecule has 0 bridgehead atoms. The highest BCUT2D eigenvalue weighted by molar-refractivity contribution is 5.49. The summed E-state index contributed by atoms with van der Waals surface area (Å²) >= 11 is 0. The van der Waals surface area contributed by atoms with E-state index in [1.807, 2.05) is 0 Å². The summed E-state index contributed by atoms with van der Waals surface area (Å²) in [6, 6.07) is 1.38. The lowest BCUT2D eigenvalue weighted by molar-refractivity contribution is -0.389. The molecule has 0 saturated heterocycles.